The molecule has 0 spiro atoms. The van der Waals surface area contributed by atoms with Gasteiger partial charge >= 0.3 is 6.08 Å². The molecule has 1 rings (SSSR count). The molecule has 1 nitrogen and oxygen atoms in total. The lowest BCUT2D eigenvalue weighted by Crippen LogP contribution is -2.22. The van der Waals surface area contributed by atoms with Crippen molar-refractivity contribution >= 4 is 0 Å². The van der Waals surface area contributed by atoms with Crippen LogP contribution in [0.3, 0.4) is 0 Å². The zero-order chi connectivity index (χ0) is 10.6. The summed E-state index contributed by atoms with van der Waals surface area (Å²) in [4.78, 5) is 0. The molecule has 0 aromatic heterocycles. The Balaban J connectivity index is 2.39. The predicted molar refractivity (Wildman–Crippen MR) is 47.7 cm³/mol. The molecule has 0 unspecified atom stereocenters. The van der Waals surface area contributed by atoms with Gasteiger partial charge in [0.05, 0.1) is 6.10 Å². The summed E-state index contributed by atoms with van der Waals surface area (Å²) in [5.41, 5.74) is 0. The summed E-state index contributed by atoms with van der Waals surface area (Å²) in [6, 6.07) is 0. The van der Waals surface area contributed by atoms with Gasteiger partial charge in [-0.25, -0.2) is 4.39 Å². The molecule has 0 atom stereocenters. The first kappa shape index (κ1) is 11.6. The molecule has 1 saturated carbocycles. The Morgan fingerprint density at radius 1 is 1.14 bits per heavy atom. The Bertz CT molecular complexity index is 203. The van der Waals surface area contributed by atoms with Gasteiger partial charge in [-0.1, -0.05) is 0 Å². The quantitative estimate of drug-likeness (QED) is 0.687. The third-order valence-corrected chi connectivity index (χ3v) is 2.62. The number of hydrogen-bond donors (Lipinski definition) is 0. The van der Waals surface area contributed by atoms with Gasteiger partial charge < -0.3 is 4.74 Å². The van der Waals surface area contributed by atoms with E-state index in [1.807, 2.05) is 6.92 Å². The van der Waals surface area contributed by atoms with Crippen LogP contribution in [0.4, 0.5) is 13.2 Å². The zero-order valence-corrected chi connectivity index (χ0v) is 8.23. The van der Waals surface area contributed by atoms with Gasteiger partial charge in [0.1, 0.15) is 0 Å². The van der Waals surface area contributed by atoms with Crippen molar-refractivity contribution in [3.8, 4) is 0 Å². The van der Waals surface area contributed by atoms with E-state index in [2.05, 4.69) is 0 Å². The average molecular weight is 208 g/mol. The molecule has 0 bridgehead atoms. The molecule has 0 N–H and O–H groups in total. The maximum Gasteiger partial charge on any atom is 0.301 e. The van der Waals surface area contributed by atoms with Crippen LogP contribution in [-0.2, 0) is 4.74 Å². The summed E-state index contributed by atoms with van der Waals surface area (Å²) < 4.78 is 42.0. The van der Waals surface area contributed by atoms with E-state index in [0.29, 0.717) is 32.3 Å². The van der Waals surface area contributed by atoms with Crippen LogP contribution in [0.25, 0.3) is 0 Å². The summed E-state index contributed by atoms with van der Waals surface area (Å²) in [5, 5.41) is 0. The third kappa shape index (κ3) is 3.01. The molecule has 14 heavy (non-hydrogen) atoms. The van der Waals surface area contributed by atoms with Crippen LogP contribution in [0.2, 0.25) is 0 Å². The van der Waals surface area contributed by atoms with Gasteiger partial charge in [0, 0.05) is 12.5 Å². The lowest BCUT2D eigenvalue weighted by molar-refractivity contribution is 0.0265. The molecule has 0 radical (unpaired) electrons. The lowest BCUT2D eigenvalue weighted by atomic mass is 9.87. The predicted octanol–water partition coefficient (Wildman–Crippen LogP) is 3.66. The molecule has 0 heterocycles. The van der Waals surface area contributed by atoms with Crippen LogP contribution < -0.4 is 0 Å². The van der Waals surface area contributed by atoms with Crippen molar-refractivity contribution in [2.75, 3.05) is 6.61 Å². The van der Waals surface area contributed by atoms with Crippen molar-refractivity contribution in [2.45, 2.75) is 38.7 Å². The summed E-state index contributed by atoms with van der Waals surface area (Å²) in [6.45, 7) is 2.53. The molecule has 4 heteroatoms. The Hall–Kier alpha value is -0.510. The van der Waals surface area contributed by atoms with E-state index in [1.54, 1.807) is 0 Å². The van der Waals surface area contributed by atoms with Crippen LogP contribution in [0.1, 0.15) is 32.6 Å². The fourth-order valence-electron chi connectivity index (χ4n) is 1.87. The Kier molecular flexibility index (Phi) is 4.45. The van der Waals surface area contributed by atoms with Crippen LogP contribution >= 0.6 is 0 Å². The minimum absolute atomic E-state index is 0.131. The van der Waals surface area contributed by atoms with Crippen LogP contribution in [-0.4, -0.2) is 12.7 Å². The SMILES string of the molecule is CCO[C@H]1CC[C@H](C(F)=C(F)F)CC1. The summed E-state index contributed by atoms with van der Waals surface area (Å²) in [5.74, 6) is -1.81. The summed E-state index contributed by atoms with van der Waals surface area (Å²) >= 11 is 0. The van der Waals surface area contributed by atoms with E-state index < -0.39 is 17.8 Å². The Morgan fingerprint density at radius 2 is 1.71 bits per heavy atom. The lowest BCUT2D eigenvalue weighted by Gasteiger charge is -2.26. The van der Waals surface area contributed by atoms with Crippen molar-refractivity contribution in [1.29, 1.82) is 0 Å². The van der Waals surface area contributed by atoms with E-state index in [-0.39, 0.29) is 6.10 Å². The first-order chi connectivity index (χ1) is 6.65. The first-order valence-electron chi connectivity index (χ1n) is 4.97. The minimum Gasteiger partial charge on any atom is -0.379 e. The van der Waals surface area contributed by atoms with Crippen molar-refractivity contribution in [2.24, 2.45) is 5.92 Å². The highest BCUT2D eigenvalue weighted by Crippen LogP contribution is 2.33. The number of hydrogen-bond acceptors (Lipinski definition) is 1. The van der Waals surface area contributed by atoms with E-state index in [9.17, 15) is 13.2 Å². The monoisotopic (exact) mass is 208 g/mol. The van der Waals surface area contributed by atoms with Crippen molar-refractivity contribution in [1.82, 2.24) is 0 Å². The molecule has 0 aromatic carbocycles. The van der Waals surface area contributed by atoms with Crippen LogP contribution in [0.5, 0.6) is 0 Å². The van der Waals surface area contributed by atoms with Gasteiger partial charge in [0.25, 0.3) is 0 Å². The normalized spacial score (nSPS) is 27.4. The molecular weight excluding hydrogens is 193 g/mol. The number of allylic oxidation sites excluding steroid dienone is 1. The van der Waals surface area contributed by atoms with Gasteiger partial charge in [-0.05, 0) is 32.6 Å². The van der Waals surface area contributed by atoms with E-state index in [1.165, 1.54) is 0 Å². The Labute approximate surface area is 81.9 Å². The second kappa shape index (κ2) is 5.39. The van der Waals surface area contributed by atoms with Gasteiger partial charge in [0.2, 0.25) is 0 Å². The maximum atomic E-state index is 12.8. The van der Waals surface area contributed by atoms with Crippen molar-refractivity contribution in [3.63, 3.8) is 0 Å². The fraction of sp³-hybridized carbons (Fsp3) is 0.800. The molecule has 0 amide bonds. The van der Waals surface area contributed by atoms with E-state index in [0.717, 1.165) is 0 Å². The number of halogens is 3. The molecule has 1 aliphatic rings. The van der Waals surface area contributed by atoms with Gasteiger partial charge in [-0.3, -0.25) is 0 Å². The average Bonchev–Trinajstić information content (AvgIpc) is 2.18. The second-order valence-electron chi connectivity index (χ2n) is 3.54. The van der Waals surface area contributed by atoms with Gasteiger partial charge in [-0.2, -0.15) is 8.78 Å². The number of rotatable bonds is 3. The maximum absolute atomic E-state index is 12.8. The third-order valence-electron chi connectivity index (χ3n) is 2.62. The molecule has 0 aromatic rings. The largest absolute Gasteiger partial charge is 0.379 e. The van der Waals surface area contributed by atoms with Gasteiger partial charge in [-0.15, -0.1) is 0 Å². The smallest absolute Gasteiger partial charge is 0.301 e. The van der Waals surface area contributed by atoms with Crippen molar-refractivity contribution in [3.05, 3.63) is 11.9 Å². The topological polar surface area (TPSA) is 9.23 Å². The highest BCUT2D eigenvalue weighted by atomic mass is 19.3. The highest BCUT2D eigenvalue weighted by molar-refractivity contribution is 4.99. The Morgan fingerprint density at radius 3 is 2.14 bits per heavy atom. The molecule has 1 fully saturated rings. The highest BCUT2D eigenvalue weighted by Gasteiger charge is 2.26. The minimum atomic E-state index is -2.16. The zero-order valence-electron chi connectivity index (χ0n) is 8.23. The summed E-state index contributed by atoms with van der Waals surface area (Å²) in [7, 11) is 0. The fourth-order valence-corrected chi connectivity index (χ4v) is 1.87. The first-order valence-corrected chi connectivity index (χ1v) is 4.97. The van der Waals surface area contributed by atoms with Crippen molar-refractivity contribution < 1.29 is 17.9 Å². The molecule has 0 saturated heterocycles. The summed E-state index contributed by atoms with van der Waals surface area (Å²) in [6.07, 6.45) is 0.261. The van der Waals surface area contributed by atoms with E-state index >= 15 is 0 Å². The molecular formula is C10H15F3O. The molecule has 82 valence electrons. The second-order valence-corrected chi connectivity index (χ2v) is 3.54. The van der Waals surface area contributed by atoms with Gasteiger partial charge in [0.15, 0.2) is 5.83 Å². The number of ether oxygens (including phenoxy) is 1. The standard InChI is InChI=1S/C10H15F3O/c1-2-14-8-5-3-7(4-6-8)9(11)10(12)13/h7-8H,2-6H2,1H3/t7-,8-. The van der Waals surface area contributed by atoms with Crippen LogP contribution in [0.15, 0.2) is 11.9 Å². The van der Waals surface area contributed by atoms with Crippen LogP contribution in [0, 0.1) is 5.92 Å². The van der Waals surface area contributed by atoms with E-state index in [4.69, 9.17) is 4.74 Å². The molecule has 1 aliphatic carbocycles. The molecule has 0 aliphatic heterocycles.